The SMILES string of the molecule is Cl.NCCC1CCCCN1S(=O)(=O)c1cc(Cl)sc1Cl. The normalized spacial score (nSPS) is 20.6. The summed E-state index contributed by atoms with van der Waals surface area (Å²) < 4.78 is 27.5. The molecule has 0 spiro atoms. The lowest BCUT2D eigenvalue weighted by molar-refractivity contribution is 0.243. The van der Waals surface area contributed by atoms with Gasteiger partial charge in [0.2, 0.25) is 10.0 Å². The van der Waals surface area contributed by atoms with E-state index in [1.165, 1.54) is 10.4 Å². The van der Waals surface area contributed by atoms with Crippen molar-refractivity contribution in [1.82, 2.24) is 4.31 Å². The van der Waals surface area contributed by atoms with E-state index in [0.29, 0.717) is 23.8 Å². The highest BCUT2D eigenvalue weighted by Crippen LogP contribution is 2.37. The second-order valence-corrected chi connectivity index (χ2v) is 8.68. The zero-order chi connectivity index (χ0) is 14.0. The highest BCUT2D eigenvalue weighted by atomic mass is 35.5. The number of nitrogens with two attached hydrogens (primary N) is 1. The summed E-state index contributed by atoms with van der Waals surface area (Å²) in [5.41, 5.74) is 5.57. The van der Waals surface area contributed by atoms with Gasteiger partial charge in [-0.2, -0.15) is 4.31 Å². The van der Waals surface area contributed by atoms with E-state index in [1.807, 2.05) is 0 Å². The van der Waals surface area contributed by atoms with Gasteiger partial charge in [0.25, 0.3) is 0 Å². The predicted octanol–water partition coefficient (Wildman–Crippen LogP) is 3.37. The van der Waals surface area contributed by atoms with Gasteiger partial charge in [-0.1, -0.05) is 29.6 Å². The van der Waals surface area contributed by atoms with Crippen LogP contribution in [0.25, 0.3) is 0 Å². The maximum absolute atomic E-state index is 12.7. The number of halogens is 3. The van der Waals surface area contributed by atoms with Crippen LogP contribution in [0.15, 0.2) is 11.0 Å². The first-order valence-corrected chi connectivity index (χ1v) is 9.15. The van der Waals surface area contributed by atoms with Gasteiger partial charge >= 0.3 is 0 Å². The molecule has 1 fully saturated rings. The summed E-state index contributed by atoms with van der Waals surface area (Å²) in [7, 11) is -3.57. The third kappa shape index (κ3) is 3.80. The second kappa shape index (κ2) is 7.63. The summed E-state index contributed by atoms with van der Waals surface area (Å²) in [4.78, 5) is 0.119. The van der Waals surface area contributed by atoms with Gasteiger partial charge in [-0.15, -0.1) is 23.7 Å². The minimum absolute atomic E-state index is 0. The molecule has 0 aliphatic carbocycles. The highest BCUT2D eigenvalue weighted by Gasteiger charge is 2.35. The summed E-state index contributed by atoms with van der Waals surface area (Å²) in [5.74, 6) is 0. The number of piperidine rings is 1. The van der Waals surface area contributed by atoms with E-state index >= 15 is 0 Å². The minimum Gasteiger partial charge on any atom is -0.330 e. The molecule has 0 amide bonds. The van der Waals surface area contributed by atoms with Crippen molar-refractivity contribution in [2.75, 3.05) is 13.1 Å². The number of thiophene rings is 1. The van der Waals surface area contributed by atoms with Crippen LogP contribution < -0.4 is 5.73 Å². The van der Waals surface area contributed by atoms with Gasteiger partial charge in [-0.25, -0.2) is 8.42 Å². The van der Waals surface area contributed by atoms with Crippen molar-refractivity contribution >= 4 is 57.0 Å². The first kappa shape index (κ1) is 18.5. The summed E-state index contributed by atoms with van der Waals surface area (Å²) >= 11 is 12.9. The van der Waals surface area contributed by atoms with E-state index in [-0.39, 0.29) is 27.7 Å². The Bertz CT molecular complexity index is 546. The molecule has 2 rings (SSSR count). The number of hydrogen-bond acceptors (Lipinski definition) is 4. The number of hydrogen-bond donors (Lipinski definition) is 1. The molecule has 1 saturated heterocycles. The average molecular weight is 380 g/mol. The topological polar surface area (TPSA) is 63.4 Å². The largest absolute Gasteiger partial charge is 0.330 e. The zero-order valence-corrected chi connectivity index (χ0v) is 14.7. The molecule has 2 heterocycles. The van der Waals surface area contributed by atoms with E-state index in [9.17, 15) is 8.42 Å². The van der Waals surface area contributed by atoms with Crippen LogP contribution in [0.1, 0.15) is 25.7 Å². The van der Waals surface area contributed by atoms with E-state index in [2.05, 4.69) is 0 Å². The van der Waals surface area contributed by atoms with Gasteiger partial charge in [-0.3, -0.25) is 0 Å². The van der Waals surface area contributed by atoms with E-state index in [4.69, 9.17) is 28.9 Å². The average Bonchev–Trinajstić information content (AvgIpc) is 2.70. The van der Waals surface area contributed by atoms with Crippen molar-refractivity contribution < 1.29 is 8.42 Å². The van der Waals surface area contributed by atoms with Crippen molar-refractivity contribution in [3.63, 3.8) is 0 Å². The van der Waals surface area contributed by atoms with Gasteiger partial charge in [0, 0.05) is 12.6 Å². The Morgan fingerprint density at radius 2 is 2.10 bits per heavy atom. The van der Waals surface area contributed by atoms with Crippen LogP contribution in [-0.2, 0) is 10.0 Å². The van der Waals surface area contributed by atoms with Gasteiger partial charge in [0.15, 0.2) is 0 Å². The van der Waals surface area contributed by atoms with Gasteiger partial charge in [0.05, 0.1) is 4.34 Å². The Hall–Kier alpha value is 0.440. The fourth-order valence-corrected chi connectivity index (χ4v) is 6.24. The van der Waals surface area contributed by atoms with Crippen molar-refractivity contribution in [2.24, 2.45) is 5.73 Å². The van der Waals surface area contributed by atoms with Gasteiger partial charge < -0.3 is 5.73 Å². The molecule has 1 aromatic rings. The van der Waals surface area contributed by atoms with Crippen LogP contribution in [0.2, 0.25) is 8.67 Å². The molecule has 0 bridgehead atoms. The van der Waals surface area contributed by atoms with Crippen LogP contribution in [0.3, 0.4) is 0 Å². The van der Waals surface area contributed by atoms with E-state index in [1.54, 1.807) is 0 Å². The Labute approximate surface area is 139 Å². The molecule has 0 aromatic carbocycles. The first-order valence-electron chi connectivity index (χ1n) is 6.13. The van der Waals surface area contributed by atoms with Crippen LogP contribution in [0, 0.1) is 0 Å². The van der Waals surface area contributed by atoms with Gasteiger partial charge in [-0.05, 0) is 31.9 Å². The maximum Gasteiger partial charge on any atom is 0.245 e. The minimum atomic E-state index is -3.57. The molecule has 1 aliphatic rings. The Morgan fingerprint density at radius 3 is 2.65 bits per heavy atom. The smallest absolute Gasteiger partial charge is 0.245 e. The Kier molecular flexibility index (Phi) is 7.05. The van der Waals surface area contributed by atoms with E-state index < -0.39 is 10.0 Å². The number of sulfonamides is 1. The predicted molar refractivity (Wildman–Crippen MR) is 86.8 cm³/mol. The fraction of sp³-hybridized carbons (Fsp3) is 0.636. The second-order valence-electron chi connectivity index (χ2n) is 4.53. The van der Waals surface area contributed by atoms with E-state index in [0.717, 1.165) is 30.6 Å². The molecule has 116 valence electrons. The Balaban J connectivity index is 0.00000200. The molecular weight excluding hydrogens is 363 g/mol. The van der Waals surface area contributed by atoms with Crippen molar-refractivity contribution in [3.8, 4) is 0 Å². The Morgan fingerprint density at radius 1 is 1.40 bits per heavy atom. The lowest BCUT2D eigenvalue weighted by Crippen LogP contribution is -2.44. The maximum atomic E-state index is 12.7. The molecule has 0 radical (unpaired) electrons. The lowest BCUT2D eigenvalue weighted by atomic mass is 10.0. The molecule has 2 N–H and O–H groups in total. The molecular formula is C11H17Cl3N2O2S2. The molecule has 9 heteroatoms. The van der Waals surface area contributed by atoms with Crippen LogP contribution in [0.4, 0.5) is 0 Å². The first-order chi connectivity index (χ1) is 8.96. The van der Waals surface area contributed by atoms with Crippen molar-refractivity contribution in [1.29, 1.82) is 0 Å². The molecule has 1 aromatic heterocycles. The third-order valence-corrected chi connectivity index (χ3v) is 6.99. The van der Waals surface area contributed by atoms with Gasteiger partial charge in [0.1, 0.15) is 9.23 Å². The summed E-state index contributed by atoms with van der Waals surface area (Å²) in [6.07, 6.45) is 3.44. The molecule has 1 unspecified atom stereocenters. The molecule has 1 atom stereocenters. The molecule has 1 aliphatic heterocycles. The molecule has 0 saturated carbocycles. The highest BCUT2D eigenvalue weighted by molar-refractivity contribution is 7.89. The zero-order valence-electron chi connectivity index (χ0n) is 10.7. The van der Waals surface area contributed by atoms with Crippen LogP contribution in [-0.4, -0.2) is 31.9 Å². The standard InChI is InChI=1S/C11H16Cl2N2O2S2.ClH/c12-10-7-9(11(13)18-10)19(16,17)15-6-2-1-3-8(15)4-5-14;/h7-8H,1-6,14H2;1H. The number of nitrogens with zero attached hydrogens (tertiary/aromatic N) is 1. The monoisotopic (exact) mass is 378 g/mol. The van der Waals surface area contributed by atoms with Crippen molar-refractivity contribution in [2.45, 2.75) is 36.6 Å². The fourth-order valence-electron chi connectivity index (χ4n) is 2.40. The van der Waals surface area contributed by atoms with Crippen molar-refractivity contribution in [3.05, 3.63) is 14.7 Å². The summed E-state index contributed by atoms with van der Waals surface area (Å²) in [5, 5.41) is 0. The summed E-state index contributed by atoms with van der Waals surface area (Å²) in [6.45, 7) is 1.01. The van der Waals surface area contributed by atoms with Crippen LogP contribution in [0.5, 0.6) is 0 Å². The molecule has 20 heavy (non-hydrogen) atoms. The number of rotatable bonds is 4. The summed E-state index contributed by atoms with van der Waals surface area (Å²) in [6, 6.07) is 1.40. The lowest BCUT2D eigenvalue weighted by Gasteiger charge is -2.34. The third-order valence-electron chi connectivity index (χ3n) is 3.29. The quantitative estimate of drug-likeness (QED) is 0.872. The molecule has 4 nitrogen and oxygen atoms in total. The van der Waals surface area contributed by atoms with Crippen LogP contribution >= 0.6 is 46.9 Å².